The van der Waals surface area contributed by atoms with E-state index in [4.69, 9.17) is 4.74 Å². The molecule has 1 aromatic heterocycles. The predicted octanol–water partition coefficient (Wildman–Crippen LogP) is 6.05. The summed E-state index contributed by atoms with van der Waals surface area (Å²) in [6.07, 6.45) is -2.02. The van der Waals surface area contributed by atoms with Crippen molar-refractivity contribution in [3.8, 4) is 22.8 Å². The fraction of sp³-hybridized carbons (Fsp3) is 0.467. The van der Waals surface area contributed by atoms with Crippen molar-refractivity contribution in [3.05, 3.63) is 59.6 Å². The minimum absolute atomic E-state index is 0.0628. The molecule has 1 fully saturated rings. The SMILES string of the molecule is CC(C)N1CCOc2c(OC(F)(F)F)cc(-c3nc(Cc4ccc(N5CCC(N(C)C)CC5)c(F)c4)ncc3F)cc21. The summed E-state index contributed by atoms with van der Waals surface area (Å²) >= 11 is 0. The molecule has 3 heterocycles. The Labute approximate surface area is 241 Å². The number of alkyl halides is 3. The van der Waals surface area contributed by atoms with Gasteiger partial charge < -0.3 is 24.2 Å². The smallest absolute Gasteiger partial charge is 0.486 e. The van der Waals surface area contributed by atoms with Gasteiger partial charge in [-0.1, -0.05) is 6.07 Å². The molecule has 12 heteroatoms. The number of halogens is 5. The van der Waals surface area contributed by atoms with Crippen LogP contribution in [0.4, 0.5) is 33.3 Å². The third-order valence-electron chi connectivity index (χ3n) is 7.75. The van der Waals surface area contributed by atoms with Crippen LogP contribution >= 0.6 is 0 Å². The van der Waals surface area contributed by atoms with E-state index in [9.17, 15) is 13.2 Å². The Morgan fingerprint density at radius 3 is 2.40 bits per heavy atom. The van der Waals surface area contributed by atoms with E-state index in [1.165, 1.54) is 6.07 Å². The van der Waals surface area contributed by atoms with Gasteiger partial charge in [-0.2, -0.15) is 0 Å². The fourth-order valence-corrected chi connectivity index (χ4v) is 5.60. The molecule has 0 amide bonds. The topological polar surface area (TPSA) is 54.0 Å². The maximum atomic E-state index is 15.2. The van der Waals surface area contributed by atoms with Crippen molar-refractivity contribution in [3.63, 3.8) is 0 Å². The lowest BCUT2D eigenvalue weighted by Crippen LogP contribution is -2.42. The molecule has 2 aliphatic heterocycles. The molecule has 2 aliphatic rings. The second-order valence-electron chi connectivity index (χ2n) is 11.1. The number of fused-ring (bicyclic) bond motifs is 1. The standard InChI is InChI=1S/C30H34F5N5O2/c1-18(2)40-11-12-41-29-25(40)15-20(16-26(29)42-30(33,34)35)28-23(32)17-36-27(37-28)14-19-5-6-24(22(31)13-19)39-9-7-21(8-10-39)38(3)4/h5-6,13,15-18,21H,7-12,14H2,1-4H3. The molecule has 0 spiro atoms. The summed E-state index contributed by atoms with van der Waals surface area (Å²) in [6.45, 7) is 5.91. The molecule has 0 bridgehead atoms. The van der Waals surface area contributed by atoms with Gasteiger partial charge in [0.25, 0.3) is 0 Å². The summed E-state index contributed by atoms with van der Waals surface area (Å²) in [4.78, 5) is 14.5. The van der Waals surface area contributed by atoms with Crippen LogP contribution in [0.25, 0.3) is 11.3 Å². The number of hydrogen-bond donors (Lipinski definition) is 0. The summed E-state index contributed by atoms with van der Waals surface area (Å²) < 4.78 is 79.9. The van der Waals surface area contributed by atoms with Crippen molar-refractivity contribution in [2.24, 2.45) is 0 Å². The van der Waals surface area contributed by atoms with Gasteiger partial charge in [-0.25, -0.2) is 18.7 Å². The van der Waals surface area contributed by atoms with Gasteiger partial charge in [-0.3, -0.25) is 0 Å². The highest BCUT2D eigenvalue weighted by atomic mass is 19.4. The molecule has 5 rings (SSSR count). The highest BCUT2D eigenvalue weighted by Crippen LogP contribution is 2.46. The van der Waals surface area contributed by atoms with Gasteiger partial charge in [-0.05, 0) is 70.6 Å². The number of nitrogens with zero attached hydrogens (tertiary/aromatic N) is 5. The Morgan fingerprint density at radius 2 is 1.76 bits per heavy atom. The Morgan fingerprint density at radius 1 is 1.02 bits per heavy atom. The first-order valence-corrected chi connectivity index (χ1v) is 13.9. The number of ether oxygens (including phenoxy) is 2. The number of hydrogen-bond acceptors (Lipinski definition) is 7. The van der Waals surface area contributed by atoms with Crippen molar-refractivity contribution in [2.75, 3.05) is 50.1 Å². The number of rotatable bonds is 7. The highest BCUT2D eigenvalue weighted by Gasteiger charge is 2.35. The second-order valence-corrected chi connectivity index (χ2v) is 11.1. The van der Waals surface area contributed by atoms with E-state index in [0.717, 1.165) is 38.2 Å². The minimum Gasteiger partial charge on any atom is -0.486 e. The van der Waals surface area contributed by atoms with Crippen molar-refractivity contribution >= 4 is 11.4 Å². The number of aromatic nitrogens is 2. The van der Waals surface area contributed by atoms with Crippen LogP contribution in [0.15, 0.2) is 36.5 Å². The average molecular weight is 592 g/mol. The van der Waals surface area contributed by atoms with E-state index in [-0.39, 0.29) is 47.7 Å². The normalized spacial score (nSPS) is 16.2. The average Bonchev–Trinajstić information content (AvgIpc) is 2.93. The van der Waals surface area contributed by atoms with Crippen molar-refractivity contribution < 1.29 is 31.4 Å². The van der Waals surface area contributed by atoms with Crippen LogP contribution in [0.5, 0.6) is 11.5 Å². The van der Waals surface area contributed by atoms with E-state index < -0.39 is 17.9 Å². The molecule has 0 atom stereocenters. The minimum atomic E-state index is -4.98. The van der Waals surface area contributed by atoms with Gasteiger partial charge in [0.1, 0.15) is 23.9 Å². The van der Waals surface area contributed by atoms with Gasteiger partial charge in [0.05, 0.1) is 24.1 Å². The van der Waals surface area contributed by atoms with Crippen LogP contribution in [0.2, 0.25) is 0 Å². The molecule has 3 aromatic rings. The molecule has 0 radical (unpaired) electrons. The summed E-state index contributed by atoms with van der Waals surface area (Å²) in [6, 6.07) is 7.96. The van der Waals surface area contributed by atoms with Crippen LogP contribution in [0.1, 0.15) is 38.1 Å². The van der Waals surface area contributed by atoms with Crippen molar-refractivity contribution in [1.82, 2.24) is 14.9 Å². The summed E-state index contributed by atoms with van der Waals surface area (Å²) in [7, 11) is 4.10. The van der Waals surface area contributed by atoms with E-state index in [0.29, 0.717) is 29.5 Å². The van der Waals surface area contributed by atoms with Gasteiger partial charge >= 0.3 is 6.36 Å². The van der Waals surface area contributed by atoms with Crippen LogP contribution in [-0.2, 0) is 6.42 Å². The van der Waals surface area contributed by atoms with E-state index in [1.54, 1.807) is 18.2 Å². The Kier molecular flexibility index (Phi) is 8.45. The lowest BCUT2D eigenvalue weighted by Gasteiger charge is -2.36. The number of piperidine rings is 1. The first-order chi connectivity index (χ1) is 19.9. The summed E-state index contributed by atoms with van der Waals surface area (Å²) in [5, 5.41) is 0. The molecule has 0 saturated carbocycles. The summed E-state index contributed by atoms with van der Waals surface area (Å²) in [5.74, 6) is -1.62. The molecule has 7 nitrogen and oxygen atoms in total. The van der Waals surface area contributed by atoms with E-state index >= 15 is 8.78 Å². The van der Waals surface area contributed by atoms with E-state index in [2.05, 4.69) is 19.6 Å². The maximum absolute atomic E-state index is 15.2. The molecule has 0 unspecified atom stereocenters. The van der Waals surface area contributed by atoms with Crippen LogP contribution < -0.4 is 19.3 Å². The number of benzene rings is 2. The van der Waals surface area contributed by atoms with Crippen LogP contribution in [-0.4, -0.2) is 73.7 Å². The first kappa shape index (κ1) is 29.8. The number of anilines is 2. The Balaban J connectivity index is 1.43. The molecule has 0 N–H and O–H groups in total. The molecule has 42 heavy (non-hydrogen) atoms. The third kappa shape index (κ3) is 6.53. The monoisotopic (exact) mass is 591 g/mol. The Bertz CT molecular complexity index is 1420. The lowest BCUT2D eigenvalue weighted by atomic mass is 10.0. The van der Waals surface area contributed by atoms with Crippen LogP contribution in [0.3, 0.4) is 0 Å². The van der Waals surface area contributed by atoms with Crippen molar-refractivity contribution in [2.45, 2.75) is 51.6 Å². The fourth-order valence-electron chi connectivity index (χ4n) is 5.60. The largest absolute Gasteiger partial charge is 0.573 e. The zero-order valence-electron chi connectivity index (χ0n) is 24.0. The predicted molar refractivity (Wildman–Crippen MR) is 150 cm³/mol. The van der Waals surface area contributed by atoms with E-state index in [1.807, 2.05) is 37.7 Å². The third-order valence-corrected chi connectivity index (χ3v) is 7.75. The molecule has 2 aromatic carbocycles. The quantitative estimate of drug-likeness (QED) is 0.310. The van der Waals surface area contributed by atoms with Crippen molar-refractivity contribution in [1.29, 1.82) is 0 Å². The lowest BCUT2D eigenvalue weighted by molar-refractivity contribution is -0.275. The van der Waals surface area contributed by atoms with Gasteiger partial charge in [-0.15, -0.1) is 13.2 Å². The van der Waals surface area contributed by atoms with Crippen LogP contribution in [0, 0.1) is 11.6 Å². The second kappa shape index (κ2) is 11.9. The summed E-state index contributed by atoms with van der Waals surface area (Å²) in [5.41, 5.74) is 1.35. The molecule has 226 valence electrons. The first-order valence-electron chi connectivity index (χ1n) is 13.9. The highest BCUT2D eigenvalue weighted by molar-refractivity contribution is 5.76. The molecule has 0 aliphatic carbocycles. The molecule has 1 saturated heterocycles. The zero-order valence-corrected chi connectivity index (χ0v) is 24.0. The Hall–Kier alpha value is -3.67. The molecular weight excluding hydrogens is 557 g/mol. The van der Waals surface area contributed by atoms with Gasteiger partial charge in [0, 0.05) is 37.2 Å². The molecular formula is C30H34F5N5O2. The zero-order chi connectivity index (χ0) is 30.2. The van der Waals surface area contributed by atoms with Gasteiger partial charge in [0.2, 0.25) is 0 Å². The maximum Gasteiger partial charge on any atom is 0.573 e. The van der Waals surface area contributed by atoms with Gasteiger partial charge in [0.15, 0.2) is 17.3 Å².